The first kappa shape index (κ1) is 12.0. The molecular formula is C11H18O2. The molecule has 0 aliphatic rings. The predicted molar refractivity (Wildman–Crippen MR) is 53.6 cm³/mol. The number of aliphatic carboxylic acids is 1. The third-order valence-electron chi connectivity index (χ3n) is 1.70. The molecule has 0 aromatic heterocycles. The van der Waals surface area contributed by atoms with Gasteiger partial charge in [-0.1, -0.05) is 20.3 Å². The molecule has 0 aromatic carbocycles. The Balaban J connectivity index is 3.68. The molecule has 1 N–H and O–H groups in total. The van der Waals surface area contributed by atoms with Crippen molar-refractivity contribution in [2.24, 2.45) is 5.92 Å². The zero-order valence-corrected chi connectivity index (χ0v) is 8.42. The molecule has 0 spiro atoms. The van der Waals surface area contributed by atoms with Gasteiger partial charge in [-0.15, -0.1) is 5.73 Å². The van der Waals surface area contributed by atoms with E-state index in [4.69, 9.17) is 5.11 Å². The lowest BCUT2D eigenvalue weighted by Gasteiger charge is -1.97. The highest BCUT2D eigenvalue weighted by molar-refractivity contribution is 5.67. The average Bonchev–Trinajstić information content (AvgIpc) is 2.02. The van der Waals surface area contributed by atoms with Gasteiger partial charge in [-0.2, -0.15) is 0 Å². The molecule has 0 aromatic rings. The van der Waals surface area contributed by atoms with Crippen molar-refractivity contribution in [2.45, 2.75) is 39.5 Å². The topological polar surface area (TPSA) is 37.3 Å². The molecule has 0 saturated carbocycles. The fraction of sp³-hybridized carbons (Fsp3) is 0.636. The van der Waals surface area contributed by atoms with Crippen molar-refractivity contribution >= 4 is 5.97 Å². The quantitative estimate of drug-likeness (QED) is 0.506. The minimum atomic E-state index is -0.751. The molecule has 2 nitrogen and oxygen atoms in total. The van der Waals surface area contributed by atoms with Crippen LogP contribution in [0.15, 0.2) is 17.9 Å². The summed E-state index contributed by atoms with van der Waals surface area (Å²) in [5.74, 6) is -0.672. The predicted octanol–water partition coefficient (Wildman–Crippen LogP) is 3.00. The molecule has 74 valence electrons. The van der Waals surface area contributed by atoms with E-state index in [0.717, 1.165) is 6.42 Å². The maximum absolute atomic E-state index is 10.3. The summed E-state index contributed by atoms with van der Waals surface area (Å²) in [6, 6.07) is 0. The first-order valence-corrected chi connectivity index (χ1v) is 4.79. The SMILES string of the molecule is CCCCC=C=C[C@@H](C)CC(=O)O. The molecular weight excluding hydrogens is 164 g/mol. The summed E-state index contributed by atoms with van der Waals surface area (Å²) >= 11 is 0. The standard InChI is InChI=1S/C11H18O2/c1-3-4-5-6-7-8-10(2)9-11(12)13/h6,8,10H,3-5,9H2,1-2H3,(H,12,13)/t7?,10-/m1/s1. The smallest absolute Gasteiger partial charge is 0.303 e. The number of rotatable bonds is 6. The van der Waals surface area contributed by atoms with Crippen molar-refractivity contribution in [3.8, 4) is 0 Å². The van der Waals surface area contributed by atoms with E-state index in [1.54, 1.807) is 0 Å². The number of carboxylic acids is 1. The molecule has 0 amide bonds. The molecule has 0 unspecified atom stereocenters. The van der Waals surface area contributed by atoms with Gasteiger partial charge in [0.25, 0.3) is 0 Å². The van der Waals surface area contributed by atoms with Crippen LogP contribution in [0.2, 0.25) is 0 Å². The van der Waals surface area contributed by atoms with Crippen molar-refractivity contribution in [2.75, 3.05) is 0 Å². The maximum atomic E-state index is 10.3. The van der Waals surface area contributed by atoms with Crippen LogP contribution in [-0.4, -0.2) is 11.1 Å². The first-order valence-electron chi connectivity index (χ1n) is 4.79. The van der Waals surface area contributed by atoms with Gasteiger partial charge in [0.1, 0.15) is 0 Å². The van der Waals surface area contributed by atoms with Crippen molar-refractivity contribution in [3.05, 3.63) is 17.9 Å². The molecule has 0 aliphatic heterocycles. The second-order valence-corrected chi connectivity index (χ2v) is 3.25. The Hall–Kier alpha value is -1.01. The third-order valence-corrected chi connectivity index (χ3v) is 1.70. The van der Waals surface area contributed by atoms with Crippen LogP contribution in [0.5, 0.6) is 0 Å². The monoisotopic (exact) mass is 182 g/mol. The summed E-state index contributed by atoms with van der Waals surface area (Å²) in [5.41, 5.74) is 3.01. The normalized spacial score (nSPS) is 11.5. The molecule has 13 heavy (non-hydrogen) atoms. The molecule has 0 rings (SSSR count). The van der Waals surface area contributed by atoms with Crippen molar-refractivity contribution in [1.29, 1.82) is 0 Å². The molecule has 0 radical (unpaired) electrons. The largest absolute Gasteiger partial charge is 0.481 e. The summed E-state index contributed by atoms with van der Waals surface area (Å²) in [4.78, 5) is 10.3. The number of carboxylic acid groups (broad SMARTS) is 1. The summed E-state index contributed by atoms with van der Waals surface area (Å²) in [6.07, 6.45) is 7.38. The number of carbonyl (C=O) groups is 1. The highest BCUT2D eigenvalue weighted by Crippen LogP contribution is 2.02. The Morgan fingerprint density at radius 1 is 1.62 bits per heavy atom. The van der Waals surface area contributed by atoms with E-state index in [2.05, 4.69) is 12.7 Å². The minimum Gasteiger partial charge on any atom is -0.481 e. The van der Waals surface area contributed by atoms with Crippen LogP contribution in [0.4, 0.5) is 0 Å². The van der Waals surface area contributed by atoms with Gasteiger partial charge in [0.05, 0.1) is 6.42 Å². The third kappa shape index (κ3) is 8.90. The van der Waals surface area contributed by atoms with Crippen LogP contribution in [0, 0.1) is 5.92 Å². The van der Waals surface area contributed by atoms with Crippen LogP contribution < -0.4 is 0 Å². The van der Waals surface area contributed by atoms with Gasteiger partial charge in [-0.05, 0) is 30.9 Å². The number of hydrogen-bond donors (Lipinski definition) is 1. The number of allylic oxidation sites excluding steroid dienone is 1. The van der Waals surface area contributed by atoms with E-state index >= 15 is 0 Å². The lowest BCUT2D eigenvalue weighted by molar-refractivity contribution is -0.137. The average molecular weight is 182 g/mol. The number of hydrogen-bond acceptors (Lipinski definition) is 1. The summed E-state index contributed by atoms with van der Waals surface area (Å²) in [5, 5.41) is 8.47. The van der Waals surface area contributed by atoms with E-state index in [-0.39, 0.29) is 12.3 Å². The minimum absolute atomic E-state index is 0.0791. The van der Waals surface area contributed by atoms with Crippen molar-refractivity contribution < 1.29 is 9.90 Å². The first-order chi connectivity index (χ1) is 6.16. The zero-order chi connectivity index (χ0) is 10.1. The maximum Gasteiger partial charge on any atom is 0.303 e. The molecule has 0 saturated heterocycles. The molecule has 1 atom stereocenters. The van der Waals surface area contributed by atoms with Gasteiger partial charge in [0.15, 0.2) is 0 Å². The van der Waals surface area contributed by atoms with Crippen LogP contribution in [0.25, 0.3) is 0 Å². The highest BCUT2D eigenvalue weighted by atomic mass is 16.4. The Morgan fingerprint density at radius 3 is 2.85 bits per heavy atom. The van der Waals surface area contributed by atoms with E-state index in [9.17, 15) is 4.79 Å². The lowest BCUT2D eigenvalue weighted by Crippen LogP contribution is -2.00. The molecule has 0 aliphatic carbocycles. The van der Waals surface area contributed by atoms with Gasteiger partial charge < -0.3 is 5.11 Å². The second kappa shape index (κ2) is 7.63. The van der Waals surface area contributed by atoms with Crippen LogP contribution >= 0.6 is 0 Å². The molecule has 0 fully saturated rings. The fourth-order valence-corrected chi connectivity index (χ4v) is 0.956. The summed E-state index contributed by atoms with van der Waals surface area (Å²) in [7, 11) is 0. The second-order valence-electron chi connectivity index (χ2n) is 3.25. The van der Waals surface area contributed by atoms with Gasteiger partial charge in [-0.3, -0.25) is 4.79 Å². The van der Waals surface area contributed by atoms with E-state index < -0.39 is 5.97 Å². The van der Waals surface area contributed by atoms with E-state index in [1.165, 1.54) is 12.8 Å². The van der Waals surface area contributed by atoms with Gasteiger partial charge >= 0.3 is 5.97 Å². The molecule has 2 heteroatoms. The summed E-state index contributed by atoms with van der Waals surface area (Å²) < 4.78 is 0. The van der Waals surface area contributed by atoms with Gasteiger partial charge in [-0.25, -0.2) is 0 Å². The molecule has 0 bridgehead atoms. The Labute approximate surface area is 80.0 Å². The van der Waals surface area contributed by atoms with Crippen molar-refractivity contribution in [3.63, 3.8) is 0 Å². The van der Waals surface area contributed by atoms with Crippen molar-refractivity contribution in [1.82, 2.24) is 0 Å². The summed E-state index contributed by atoms with van der Waals surface area (Å²) in [6.45, 7) is 4.03. The van der Waals surface area contributed by atoms with Gasteiger partial charge in [0.2, 0.25) is 0 Å². The number of unbranched alkanes of at least 4 members (excludes halogenated alkanes) is 2. The Morgan fingerprint density at radius 2 is 2.31 bits per heavy atom. The van der Waals surface area contributed by atoms with Crippen LogP contribution in [-0.2, 0) is 4.79 Å². The Kier molecular flexibility index (Phi) is 7.04. The Bertz CT molecular complexity index is 200. The molecule has 0 heterocycles. The highest BCUT2D eigenvalue weighted by Gasteiger charge is 2.01. The van der Waals surface area contributed by atoms with Crippen LogP contribution in [0.1, 0.15) is 39.5 Å². The lowest BCUT2D eigenvalue weighted by atomic mass is 10.1. The fourth-order valence-electron chi connectivity index (χ4n) is 0.956. The van der Waals surface area contributed by atoms with E-state index in [1.807, 2.05) is 19.1 Å². The zero-order valence-electron chi connectivity index (χ0n) is 8.42. The van der Waals surface area contributed by atoms with E-state index in [0.29, 0.717) is 0 Å². The van der Waals surface area contributed by atoms with Gasteiger partial charge in [0, 0.05) is 0 Å². The van der Waals surface area contributed by atoms with Crippen LogP contribution in [0.3, 0.4) is 0 Å².